The molecule has 0 spiro atoms. The molecule has 2 aromatic heterocycles. The van der Waals surface area contributed by atoms with Gasteiger partial charge < -0.3 is 14.8 Å². The highest BCUT2D eigenvalue weighted by Gasteiger charge is 2.26. The van der Waals surface area contributed by atoms with E-state index in [4.69, 9.17) is 0 Å². The van der Waals surface area contributed by atoms with Gasteiger partial charge in [-0.3, -0.25) is 4.79 Å². The van der Waals surface area contributed by atoms with E-state index in [1.807, 2.05) is 54.4 Å². The fraction of sp³-hybridized carbons (Fsp3) is 0.286. The van der Waals surface area contributed by atoms with Gasteiger partial charge >= 0.3 is 0 Å². The quantitative estimate of drug-likeness (QED) is 0.779. The Kier molecular flexibility index (Phi) is 4.62. The Bertz CT molecular complexity index is 942. The molecular formula is C21H23N5O. The Morgan fingerprint density at radius 1 is 1.00 bits per heavy atom. The number of aromatic nitrogens is 3. The van der Waals surface area contributed by atoms with Gasteiger partial charge in [-0.05, 0) is 25.5 Å². The van der Waals surface area contributed by atoms with E-state index in [-0.39, 0.29) is 5.91 Å². The molecule has 4 rings (SSSR count). The Balaban J connectivity index is 1.47. The molecule has 0 radical (unpaired) electrons. The molecule has 3 heterocycles. The Labute approximate surface area is 158 Å². The van der Waals surface area contributed by atoms with Crippen LogP contribution in [0.4, 0.5) is 5.82 Å². The predicted molar refractivity (Wildman–Crippen MR) is 106 cm³/mol. The molecule has 1 N–H and O–H groups in total. The number of amides is 1. The van der Waals surface area contributed by atoms with Gasteiger partial charge in [0.25, 0.3) is 5.91 Å². The summed E-state index contributed by atoms with van der Waals surface area (Å²) in [6, 6.07) is 13.9. The van der Waals surface area contributed by atoms with Crippen molar-refractivity contribution < 1.29 is 4.79 Å². The van der Waals surface area contributed by atoms with Crippen molar-refractivity contribution in [3.63, 3.8) is 0 Å². The summed E-state index contributed by atoms with van der Waals surface area (Å²) in [5, 5.41) is 0. The number of nitrogens with zero attached hydrogens (tertiary/aromatic N) is 4. The van der Waals surface area contributed by atoms with Gasteiger partial charge in [-0.15, -0.1) is 0 Å². The maximum Gasteiger partial charge on any atom is 0.274 e. The van der Waals surface area contributed by atoms with Crippen molar-refractivity contribution in [1.82, 2.24) is 19.9 Å². The van der Waals surface area contributed by atoms with Gasteiger partial charge in [0.2, 0.25) is 0 Å². The van der Waals surface area contributed by atoms with Gasteiger partial charge in [0.15, 0.2) is 0 Å². The van der Waals surface area contributed by atoms with Crippen molar-refractivity contribution in [3.8, 4) is 11.4 Å². The number of rotatable bonds is 3. The molecule has 138 valence electrons. The Morgan fingerprint density at radius 3 is 2.44 bits per heavy atom. The van der Waals surface area contributed by atoms with Crippen molar-refractivity contribution in [1.29, 1.82) is 0 Å². The number of hydrogen-bond acceptors (Lipinski definition) is 4. The SMILES string of the molecule is Cc1cccnc1N1CCN(C(=O)c2nc(-c3ccccc3)[nH]c2C)CC1. The molecule has 3 aromatic rings. The third kappa shape index (κ3) is 3.43. The predicted octanol–water partition coefficient (Wildman–Crippen LogP) is 3.05. The average molecular weight is 361 g/mol. The summed E-state index contributed by atoms with van der Waals surface area (Å²) >= 11 is 0. The van der Waals surface area contributed by atoms with Crippen molar-refractivity contribution >= 4 is 11.7 Å². The van der Waals surface area contributed by atoms with Crippen LogP contribution >= 0.6 is 0 Å². The number of piperazine rings is 1. The van der Waals surface area contributed by atoms with Gasteiger partial charge in [0.05, 0.1) is 0 Å². The molecule has 0 bridgehead atoms. The van der Waals surface area contributed by atoms with Crippen LogP contribution in [0.15, 0.2) is 48.7 Å². The van der Waals surface area contributed by atoms with E-state index in [1.165, 1.54) is 0 Å². The van der Waals surface area contributed by atoms with E-state index in [9.17, 15) is 4.79 Å². The monoisotopic (exact) mass is 361 g/mol. The number of hydrogen-bond donors (Lipinski definition) is 1. The van der Waals surface area contributed by atoms with Gasteiger partial charge in [-0.25, -0.2) is 9.97 Å². The van der Waals surface area contributed by atoms with Crippen LogP contribution in [0.5, 0.6) is 0 Å². The highest BCUT2D eigenvalue weighted by atomic mass is 16.2. The molecule has 6 nitrogen and oxygen atoms in total. The summed E-state index contributed by atoms with van der Waals surface area (Å²) in [5.74, 6) is 1.73. The molecule has 1 aromatic carbocycles. The summed E-state index contributed by atoms with van der Waals surface area (Å²) in [4.78, 5) is 29.4. The number of benzene rings is 1. The van der Waals surface area contributed by atoms with Gasteiger partial charge in [-0.1, -0.05) is 36.4 Å². The first kappa shape index (κ1) is 17.3. The van der Waals surface area contributed by atoms with Crippen molar-refractivity contribution in [2.45, 2.75) is 13.8 Å². The van der Waals surface area contributed by atoms with Crippen molar-refractivity contribution in [3.05, 3.63) is 65.6 Å². The van der Waals surface area contributed by atoms with Gasteiger partial charge in [-0.2, -0.15) is 0 Å². The molecule has 1 aliphatic heterocycles. The lowest BCUT2D eigenvalue weighted by molar-refractivity contribution is 0.0740. The molecule has 0 aliphatic carbocycles. The lowest BCUT2D eigenvalue weighted by Crippen LogP contribution is -2.49. The highest BCUT2D eigenvalue weighted by Crippen LogP contribution is 2.21. The summed E-state index contributed by atoms with van der Waals surface area (Å²) in [6.07, 6.45) is 1.82. The zero-order valence-corrected chi connectivity index (χ0v) is 15.6. The second-order valence-corrected chi connectivity index (χ2v) is 6.85. The summed E-state index contributed by atoms with van der Waals surface area (Å²) in [5.41, 5.74) is 3.46. The summed E-state index contributed by atoms with van der Waals surface area (Å²) in [6.45, 7) is 6.86. The minimum Gasteiger partial charge on any atom is -0.353 e. The number of imidazole rings is 1. The van der Waals surface area contributed by atoms with E-state index in [0.29, 0.717) is 18.8 Å². The first-order valence-electron chi connectivity index (χ1n) is 9.21. The number of aryl methyl sites for hydroxylation is 2. The fourth-order valence-corrected chi connectivity index (χ4v) is 3.48. The maximum absolute atomic E-state index is 13.0. The average Bonchev–Trinajstić information content (AvgIpc) is 3.10. The summed E-state index contributed by atoms with van der Waals surface area (Å²) < 4.78 is 0. The largest absolute Gasteiger partial charge is 0.353 e. The molecule has 0 saturated carbocycles. The van der Waals surface area contributed by atoms with Gasteiger partial charge in [0, 0.05) is 43.6 Å². The molecule has 0 unspecified atom stereocenters. The van der Waals surface area contributed by atoms with Gasteiger partial charge in [0.1, 0.15) is 17.3 Å². The number of anilines is 1. The molecule has 1 aliphatic rings. The van der Waals surface area contributed by atoms with Crippen molar-refractivity contribution in [2.24, 2.45) is 0 Å². The van der Waals surface area contributed by atoms with Crippen LogP contribution in [0.1, 0.15) is 21.7 Å². The number of carbonyl (C=O) groups excluding carboxylic acids is 1. The van der Waals surface area contributed by atoms with E-state index < -0.39 is 0 Å². The van der Waals surface area contributed by atoms with Crippen LogP contribution in [-0.4, -0.2) is 51.9 Å². The van der Waals surface area contributed by atoms with E-state index in [2.05, 4.69) is 32.8 Å². The zero-order chi connectivity index (χ0) is 18.8. The van der Waals surface area contributed by atoms with E-state index >= 15 is 0 Å². The van der Waals surface area contributed by atoms with Crippen LogP contribution in [0, 0.1) is 13.8 Å². The number of aromatic amines is 1. The lowest BCUT2D eigenvalue weighted by atomic mass is 10.2. The van der Waals surface area contributed by atoms with Crippen LogP contribution in [0.2, 0.25) is 0 Å². The smallest absolute Gasteiger partial charge is 0.274 e. The Morgan fingerprint density at radius 2 is 1.74 bits per heavy atom. The minimum absolute atomic E-state index is 0.0108. The molecule has 1 amide bonds. The molecule has 6 heteroatoms. The lowest BCUT2D eigenvalue weighted by Gasteiger charge is -2.35. The first-order chi connectivity index (χ1) is 13.1. The standard InChI is InChI=1S/C21H23N5O/c1-15-7-6-10-22-20(15)25-11-13-26(14-12-25)21(27)18-16(2)23-19(24-18)17-8-4-3-5-9-17/h3-10H,11-14H2,1-2H3,(H,23,24). The molecule has 27 heavy (non-hydrogen) atoms. The van der Waals surface area contributed by atoms with E-state index in [0.717, 1.165) is 41.6 Å². The number of H-pyrrole nitrogens is 1. The van der Waals surface area contributed by atoms with Crippen LogP contribution in [0.3, 0.4) is 0 Å². The second-order valence-electron chi connectivity index (χ2n) is 6.85. The Hall–Kier alpha value is -3.15. The zero-order valence-electron chi connectivity index (χ0n) is 15.6. The first-order valence-corrected chi connectivity index (χ1v) is 9.21. The number of carbonyl (C=O) groups is 1. The molecule has 1 fully saturated rings. The molecule has 1 saturated heterocycles. The third-order valence-corrected chi connectivity index (χ3v) is 4.98. The topological polar surface area (TPSA) is 65.1 Å². The molecule has 0 atom stereocenters. The maximum atomic E-state index is 13.0. The number of nitrogens with one attached hydrogen (secondary N) is 1. The van der Waals surface area contributed by atoms with Crippen LogP contribution in [-0.2, 0) is 0 Å². The van der Waals surface area contributed by atoms with E-state index in [1.54, 1.807) is 0 Å². The molecular weight excluding hydrogens is 338 g/mol. The number of pyridine rings is 1. The van der Waals surface area contributed by atoms with Crippen LogP contribution in [0.25, 0.3) is 11.4 Å². The minimum atomic E-state index is -0.0108. The third-order valence-electron chi connectivity index (χ3n) is 4.98. The normalized spacial score (nSPS) is 14.4. The highest BCUT2D eigenvalue weighted by molar-refractivity contribution is 5.94. The van der Waals surface area contributed by atoms with Crippen LogP contribution < -0.4 is 4.90 Å². The second kappa shape index (κ2) is 7.23. The summed E-state index contributed by atoms with van der Waals surface area (Å²) in [7, 11) is 0. The van der Waals surface area contributed by atoms with Crippen molar-refractivity contribution in [2.75, 3.05) is 31.1 Å². The fourth-order valence-electron chi connectivity index (χ4n) is 3.48.